The van der Waals surface area contributed by atoms with Crippen molar-refractivity contribution in [2.24, 2.45) is 5.92 Å². The lowest BCUT2D eigenvalue weighted by atomic mass is 10.00. The molecule has 0 aliphatic carbocycles. The summed E-state index contributed by atoms with van der Waals surface area (Å²) in [7, 11) is 0. The molecular formula is C13H22N4OS. The van der Waals surface area contributed by atoms with E-state index in [0.29, 0.717) is 17.2 Å². The number of amides is 1. The fraction of sp³-hybridized carbons (Fsp3) is 0.692. The Kier molecular flexibility index (Phi) is 4.63. The lowest BCUT2D eigenvalue weighted by molar-refractivity contribution is 0.0958. The van der Waals surface area contributed by atoms with Crippen LogP contribution >= 0.6 is 11.3 Å². The lowest BCUT2D eigenvalue weighted by Gasteiger charge is -2.29. The van der Waals surface area contributed by atoms with E-state index in [0.717, 1.165) is 30.6 Å². The van der Waals surface area contributed by atoms with E-state index in [2.05, 4.69) is 22.1 Å². The summed E-state index contributed by atoms with van der Waals surface area (Å²) in [6.45, 7) is 6.98. The topological polar surface area (TPSA) is 71.2 Å². The number of nitrogens with two attached hydrogens (primary N) is 1. The van der Waals surface area contributed by atoms with Gasteiger partial charge in [0.15, 0.2) is 5.13 Å². The molecule has 0 spiro atoms. The van der Waals surface area contributed by atoms with E-state index in [4.69, 9.17) is 5.73 Å². The molecule has 0 atom stereocenters. The number of aromatic nitrogens is 1. The van der Waals surface area contributed by atoms with Gasteiger partial charge in [-0.1, -0.05) is 25.2 Å². The van der Waals surface area contributed by atoms with Crippen molar-refractivity contribution in [2.45, 2.75) is 33.1 Å². The summed E-state index contributed by atoms with van der Waals surface area (Å²) in [4.78, 5) is 19.1. The van der Waals surface area contributed by atoms with E-state index in [1.54, 1.807) is 0 Å². The third kappa shape index (κ3) is 3.37. The Morgan fingerprint density at radius 3 is 2.84 bits per heavy atom. The van der Waals surface area contributed by atoms with Crippen molar-refractivity contribution in [1.82, 2.24) is 10.3 Å². The van der Waals surface area contributed by atoms with Crippen molar-refractivity contribution < 1.29 is 4.79 Å². The molecule has 1 saturated heterocycles. The van der Waals surface area contributed by atoms with Crippen LogP contribution in [0, 0.1) is 5.92 Å². The number of hydrogen-bond donors (Lipinski definition) is 2. The van der Waals surface area contributed by atoms with E-state index in [1.165, 1.54) is 24.2 Å². The molecule has 1 aliphatic rings. The second kappa shape index (κ2) is 6.23. The van der Waals surface area contributed by atoms with E-state index in [1.807, 2.05) is 6.92 Å². The maximum atomic E-state index is 11.9. The molecule has 1 aromatic heterocycles. The number of carbonyl (C=O) groups is 1. The van der Waals surface area contributed by atoms with Crippen LogP contribution in [0.1, 0.15) is 42.8 Å². The molecule has 2 rings (SSSR count). The van der Waals surface area contributed by atoms with Crippen molar-refractivity contribution in [3.05, 3.63) is 4.88 Å². The number of nitrogen functional groups attached to an aromatic ring is 1. The number of nitrogens with one attached hydrogen (secondary N) is 1. The molecule has 1 amide bonds. The molecular weight excluding hydrogens is 260 g/mol. The molecule has 5 nitrogen and oxygen atoms in total. The number of nitrogens with zero attached hydrogens (tertiary/aromatic N) is 2. The van der Waals surface area contributed by atoms with Crippen LogP contribution in [0.4, 0.5) is 10.9 Å². The van der Waals surface area contributed by atoms with Gasteiger partial charge in [0, 0.05) is 19.6 Å². The molecule has 0 aromatic carbocycles. The van der Waals surface area contributed by atoms with E-state index in [-0.39, 0.29) is 5.91 Å². The zero-order valence-corrected chi connectivity index (χ0v) is 12.4. The fourth-order valence-electron chi connectivity index (χ4n) is 2.14. The van der Waals surface area contributed by atoms with Crippen LogP contribution in [-0.4, -0.2) is 30.5 Å². The van der Waals surface area contributed by atoms with E-state index in [9.17, 15) is 4.79 Å². The Bertz CT molecular complexity index is 438. The quantitative estimate of drug-likeness (QED) is 0.887. The summed E-state index contributed by atoms with van der Waals surface area (Å²) in [6, 6.07) is 0. The first kappa shape index (κ1) is 14.1. The summed E-state index contributed by atoms with van der Waals surface area (Å²) < 4.78 is 0. The first-order valence-corrected chi connectivity index (χ1v) is 7.73. The van der Waals surface area contributed by atoms with Crippen molar-refractivity contribution in [2.75, 3.05) is 30.3 Å². The Hall–Kier alpha value is -1.30. The molecule has 0 bridgehead atoms. The van der Waals surface area contributed by atoms with Gasteiger partial charge in [0.05, 0.1) is 0 Å². The third-order valence-corrected chi connectivity index (χ3v) is 4.57. The van der Waals surface area contributed by atoms with Crippen molar-refractivity contribution >= 4 is 28.2 Å². The zero-order valence-electron chi connectivity index (χ0n) is 11.6. The van der Waals surface area contributed by atoms with Gasteiger partial charge in [0.2, 0.25) is 0 Å². The number of piperidine rings is 1. The van der Waals surface area contributed by atoms with Crippen LogP contribution in [0.25, 0.3) is 0 Å². The number of anilines is 2. The minimum Gasteiger partial charge on any atom is -0.382 e. The minimum absolute atomic E-state index is 0.103. The summed E-state index contributed by atoms with van der Waals surface area (Å²) in [5, 5.41) is 3.73. The Labute approximate surface area is 118 Å². The van der Waals surface area contributed by atoms with Crippen molar-refractivity contribution in [3.63, 3.8) is 0 Å². The molecule has 0 unspecified atom stereocenters. The van der Waals surface area contributed by atoms with Crippen LogP contribution in [0.2, 0.25) is 0 Å². The third-order valence-electron chi connectivity index (χ3n) is 3.44. The Morgan fingerprint density at radius 2 is 2.21 bits per heavy atom. The maximum absolute atomic E-state index is 11.9. The summed E-state index contributed by atoms with van der Waals surface area (Å²) in [5.41, 5.74) is 5.86. The highest BCUT2D eigenvalue weighted by molar-refractivity contribution is 7.18. The van der Waals surface area contributed by atoms with Gasteiger partial charge in [-0.25, -0.2) is 4.98 Å². The second-order valence-corrected chi connectivity index (χ2v) is 6.11. The Balaban J connectivity index is 2.05. The second-order valence-electron chi connectivity index (χ2n) is 5.14. The van der Waals surface area contributed by atoms with Gasteiger partial charge in [-0.15, -0.1) is 0 Å². The molecule has 0 saturated carbocycles. The van der Waals surface area contributed by atoms with Crippen LogP contribution in [0.15, 0.2) is 0 Å². The predicted molar refractivity (Wildman–Crippen MR) is 79.8 cm³/mol. The van der Waals surface area contributed by atoms with E-state index < -0.39 is 0 Å². The monoisotopic (exact) mass is 282 g/mol. The average molecular weight is 282 g/mol. The SMILES string of the molecule is CCCNC(=O)c1sc(N2CCC(C)CC2)nc1N. The molecule has 1 aliphatic heterocycles. The first-order chi connectivity index (χ1) is 9.11. The predicted octanol–water partition coefficient (Wildman–Crippen LogP) is 2.10. The molecule has 19 heavy (non-hydrogen) atoms. The smallest absolute Gasteiger partial charge is 0.265 e. The highest BCUT2D eigenvalue weighted by Gasteiger charge is 2.22. The summed E-state index contributed by atoms with van der Waals surface area (Å²) >= 11 is 1.40. The van der Waals surface area contributed by atoms with Crippen LogP contribution in [0.3, 0.4) is 0 Å². The van der Waals surface area contributed by atoms with Crippen LogP contribution < -0.4 is 16.0 Å². The van der Waals surface area contributed by atoms with Gasteiger partial charge in [-0.3, -0.25) is 4.79 Å². The van der Waals surface area contributed by atoms with Gasteiger partial charge >= 0.3 is 0 Å². The number of hydrogen-bond acceptors (Lipinski definition) is 5. The molecule has 6 heteroatoms. The highest BCUT2D eigenvalue weighted by Crippen LogP contribution is 2.30. The van der Waals surface area contributed by atoms with Gasteiger partial charge in [0.1, 0.15) is 10.7 Å². The number of rotatable bonds is 4. The van der Waals surface area contributed by atoms with Crippen LogP contribution in [0.5, 0.6) is 0 Å². The average Bonchev–Trinajstić information content (AvgIpc) is 2.79. The number of carbonyl (C=O) groups excluding carboxylic acids is 1. The molecule has 3 N–H and O–H groups in total. The van der Waals surface area contributed by atoms with Gasteiger partial charge in [0.25, 0.3) is 5.91 Å². The highest BCUT2D eigenvalue weighted by atomic mass is 32.1. The van der Waals surface area contributed by atoms with Crippen LogP contribution in [-0.2, 0) is 0 Å². The van der Waals surface area contributed by atoms with Gasteiger partial charge in [-0.2, -0.15) is 0 Å². The van der Waals surface area contributed by atoms with E-state index >= 15 is 0 Å². The first-order valence-electron chi connectivity index (χ1n) is 6.91. The molecule has 1 fully saturated rings. The summed E-state index contributed by atoms with van der Waals surface area (Å²) in [5.74, 6) is 1.03. The maximum Gasteiger partial charge on any atom is 0.265 e. The summed E-state index contributed by atoms with van der Waals surface area (Å²) in [6.07, 6.45) is 3.27. The lowest BCUT2D eigenvalue weighted by Crippen LogP contribution is -2.32. The zero-order chi connectivity index (χ0) is 13.8. The molecule has 2 heterocycles. The largest absolute Gasteiger partial charge is 0.382 e. The normalized spacial score (nSPS) is 16.6. The van der Waals surface area contributed by atoms with Crippen molar-refractivity contribution in [1.29, 1.82) is 0 Å². The minimum atomic E-state index is -0.103. The Morgan fingerprint density at radius 1 is 1.53 bits per heavy atom. The standard InChI is InChI=1S/C13H22N4OS/c1-3-6-15-12(18)10-11(14)16-13(19-10)17-7-4-9(2)5-8-17/h9H,3-8,14H2,1-2H3,(H,15,18). The fourth-order valence-corrected chi connectivity index (χ4v) is 3.09. The van der Waals surface area contributed by atoms with Gasteiger partial charge in [-0.05, 0) is 25.2 Å². The molecule has 1 aromatic rings. The van der Waals surface area contributed by atoms with Crippen molar-refractivity contribution in [3.8, 4) is 0 Å². The molecule has 0 radical (unpaired) electrons. The number of thiazole rings is 1. The molecule has 106 valence electrons. The van der Waals surface area contributed by atoms with Gasteiger partial charge < -0.3 is 16.0 Å².